The Kier molecular flexibility index (Phi) is 4.04. The van der Waals surface area contributed by atoms with Gasteiger partial charge in [0.05, 0.1) is 6.54 Å². The predicted octanol–water partition coefficient (Wildman–Crippen LogP) is 0.883. The Morgan fingerprint density at radius 1 is 1.32 bits per heavy atom. The number of hydrogen-bond acceptors (Lipinski definition) is 3. The van der Waals surface area contributed by atoms with E-state index < -0.39 is 5.91 Å². The first kappa shape index (κ1) is 13.4. The van der Waals surface area contributed by atoms with Crippen LogP contribution in [0.1, 0.15) is 24.8 Å². The van der Waals surface area contributed by atoms with Crippen LogP contribution < -0.4 is 11.5 Å². The first-order valence-electron chi connectivity index (χ1n) is 6.45. The van der Waals surface area contributed by atoms with Gasteiger partial charge in [0.1, 0.15) is 0 Å². The van der Waals surface area contributed by atoms with Crippen molar-refractivity contribution in [2.45, 2.75) is 25.8 Å². The lowest BCUT2D eigenvalue weighted by atomic mass is 10.1. The van der Waals surface area contributed by atoms with E-state index in [1.165, 1.54) is 4.90 Å². The van der Waals surface area contributed by atoms with Crippen LogP contribution >= 0.6 is 0 Å². The minimum absolute atomic E-state index is 0.0104. The molecule has 1 aromatic rings. The summed E-state index contributed by atoms with van der Waals surface area (Å²) < 4.78 is 0. The number of amides is 2. The minimum atomic E-state index is -0.493. The third-order valence-electron chi connectivity index (χ3n) is 3.18. The van der Waals surface area contributed by atoms with Crippen molar-refractivity contribution in [2.24, 2.45) is 11.7 Å². The van der Waals surface area contributed by atoms with Gasteiger partial charge in [0.2, 0.25) is 11.8 Å². The predicted molar refractivity (Wildman–Crippen MR) is 72.8 cm³/mol. The van der Waals surface area contributed by atoms with Gasteiger partial charge in [-0.25, -0.2) is 0 Å². The van der Waals surface area contributed by atoms with Crippen molar-refractivity contribution in [1.82, 2.24) is 4.90 Å². The van der Waals surface area contributed by atoms with Crippen molar-refractivity contribution in [2.75, 3.05) is 12.3 Å². The van der Waals surface area contributed by atoms with Crippen LogP contribution in [0.2, 0.25) is 0 Å². The van der Waals surface area contributed by atoms with E-state index in [4.69, 9.17) is 11.5 Å². The van der Waals surface area contributed by atoms with E-state index in [0.29, 0.717) is 24.6 Å². The Labute approximate surface area is 112 Å². The molecule has 1 aliphatic rings. The fraction of sp³-hybridized carbons (Fsp3) is 0.429. The van der Waals surface area contributed by atoms with Crippen molar-refractivity contribution in [1.29, 1.82) is 0 Å². The maximum Gasteiger partial charge on any atom is 0.237 e. The first-order chi connectivity index (χ1) is 9.04. The van der Waals surface area contributed by atoms with Crippen LogP contribution in [0.15, 0.2) is 24.3 Å². The molecule has 0 saturated heterocycles. The molecular weight excluding hydrogens is 242 g/mol. The molecule has 1 aromatic carbocycles. The minimum Gasteiger partial charge on any atom is -0.399 e. The summed E-state index contributed by atoms with van der Waals surface area (Å²) in [5.74, 6) is -0.0134. The molecule has 1 fully saturated rings. The molecule has 0 unspecified atom stereocenters. The van der Waals surface area contributed by atoms with Crippen LogP contribution in [-0.2, 0) is 16.1 Å². The second kappa shape index (κ2) is 5.73. The molecule has 0 spiro atoms. The zero-order valence-electron chi connectivity index (χ0n) is 10.8. The number of carbonyl (C=O) groups is 2. The van der Waals surface area contributed by atoms with Crippen LogP contribution in [0.4, 0.5) is 5.69 Å². The molecule has 1 aliphatic carbocycles. The first-order valence-corrected chi connectivity index (χ1v) is 6.45. The number of carbonyl (C=O) groups excluding carboxylic acids is 2. The number of hydrogen-bond donors (Lipinski definition) is 2. The van der Waals surface area contributed by atoms with Gasteiger partial charge in [0.15, 0.2) is 0 Å². The largest absolute Gasteiger partial charge is 0.399 e. The Hall–Kier alpha value is -2.04. The number of anilines is 1. The molecule has 0 bridgehead atoms. The van der Waals surface area contributed by atoms with E-state index in [-0.39, 0.29) is 12.5 Å². The molecule has 2 rings (SSSR count). The zero-order chi connectivity index (χ0) is 13.8. The van der Waals surface area contributed by atoms with Crippen LogP contribution in [-0.4, -0.2) is 23.3 Å². The fourth-order valence-electron chi connectivity index (χ4n) is 2.03. The molecule has 1 saturated carbocycles. The number of benzene rings is 1. The quantitative estimate of drug-likeness (QED) is 0.745. The molecule has 102 valence electrons. The number of rotatable bonds is 6. The molecule has 4 N–H and O–H groups in total. The van der Waals surface area contributed by atoms with Crippen LogP contribution in [0, 0.1) is 5.92 Å². The highest BCUT2D eigenvalue weighted by molar-refractivity contribution is 5.84. The average molecular weight is 261 g/mol. The van der Waals surface area contributed by atoms with E-state index in [1.807, 2.05) is 12.1 Å². The van der Waals surface area contributed by atoms with Gasteiger partial charge in [-0.3, -0.25) is 9.59 Å². The van der Waals surface area contributed by atoms with Crippen molar-refractivity contribution in [3.05, 3.63) is 29.8 Å². The Balaban J connectivity index is 2.03. The number of nitrogens with two attached hydrogens (primary N) is 2. The molecule has 0 radical (unpaired) electrons. The van der Waals surface area contributed by atoms with Crippen molar-refractivity contribution in [3.63, 3.8) is 0 Å². The van der Waals surface area contributed by atoms with Gasteiger partial charge in [-0.2, -0.15) is 0 Å². The Morgan fingerprint density at radius 2 is 2.05 bits per heavy atom. The molecular formula is C14H19N3O2. The molecule has 0 heterocycles. The molecule has 5 heteroatoms. The molecule has 0 atom stereocenters. The average Bonchev–Trinajstić information content (AvgIpc) is 3.11. The summed E-state index contributed by atoms with van der Waals surface area (Å²) in [5, 5.41) is 0. The summed E-state index contributed by atoms with van der Waals surface area (Å²) in [5.41, 5.74) is 12.5. The second-order valence-electron chi connectivity index (χ2n) is 5.11. The summed E-state index contributed by atoms with van der Waals surface area (Å²) in [7, 11) is 0. The standard InChI is InChI=1S/C14H19N3O2/c15-12-3-1-2-11(6-12)8-17(9-13(16)18)14(19)7-10-4-5-10/h1-3,6,10H,4-5,7-9,15H2,(H2,16,18). The maximum atomic E-state index is 12.1. The highest BCUT2D eigenvalue weighted by atomic mass is 16.2. The van der Waals surface area contributed by atoms with Gasteiger partial charge in [-0.1, -0.05) is 12.1 Å². The summed E-state index contributed by atoms with van der Waals surface area (Å²) in [6, 6.07) is 7.31. The smallest absolute Gasteiger partial charge is 0.237 e. The Bertz CT molecular complexity index is 483. The van der Waals surface area contributed by atoms with Crippen molar-refractivity contribution >= 4 is 17.5 Å². The van der Waals surface area contributed by atoms with Gasteiger partial charge >= 0.3 is 0 Å². The van der Waals surface area contributed by atoms with Gasteiger partial charge in [-0.15, -0.1) is 0 Å². The van der Waals surface area contributed by atoms with Crippen LogP contribution in [0.3, 0.4) is 0 Å². The lowest BCUT2D eigenvalue weighted by Gasteiger charge is -2.21. The van der Waals surface area contributed by atoms with E-state index in [0.717, 1.165) is 18.4 Å². The van der Waals surface area contributed by atoms with E-state index in [9.17, 15) is 9.59 Å². The van der Waals surface area contributed by atoms with E-state index in [1.54, 1.807) is 12.1 Å². The molecule has 19 heavy (non-hydrogen) atoms. The lowest BCUT2D eigenvalue weighted by molar-refractivity contribution is -0.136. The number of nitrogens with zero attached hydrogens (tertiary/aromatic N) is 1. The van der Waals surface area contributed by atoms with Crippen LogP contribution in [0.5, 0.6) is 0 Å². The van der Waals surface area contributed by atoms with E-state index in [2.05, 4.69) is 0 Å². The highest BCUT2D eigenvalue weighted by Crippen LogP contribution is 2.33. The highest BCUT2D eigenvalue weighted by Gasteiger charge is 2.27. The fourth-order valence-corrected chi connectivity index (χ4v) is 2.03. The monoisotopic (exact) mass is 261 g/mol. The lowest BCUT2D eigenvalue weighted by Crippen LogP contribution is -2.38. The molecule has 0 aliphatic heterocycles. The number of primary amides is 1. The molecule has 2 amide bonds. The van der Waals surface area contributed by atoms with Gasteiger partial charge in [-0.05, 0) is 36.5 Å². The van der Waals surface area contributed by atoms with Crippen molar-refractivity contribution < 1.29 is 9.59 Å². The summed E-state index contributed by atoms with van der Waals surface area (Å²) in [4.78, 5) is 24.7. The number of nitrogen functional groups attached to an aromatic ring is 1. The summed E-state index contributed by atoms with van der Waals surface area (Å²) in [6.45, 7) is 0.333. The third-order valence-corrected chi connectivity index (χ3v) is 3.18. The SMILES string of the molecule is NC(=O)CN(Cc1cccc(N)c1)C(=O)CC1CC1. The normalized spacial score (nSPS) is 14.1. The van der Waals surface area contributed by atoms with Gasteiger partial charge < -0.3 is 16.4 Å². The maximum absolute atomic E-state index is 12.1. The topological polar surface area (TPSA) is 89.4 Å². The van der Waals surface area contributed by atoms with Gasteiger partial charge in [0.25, 0.3) is 0 Å². The second-order valence-corrected chi connectivity index (χ2v) is 5.11. The Morgan fingerprint density at radius 3 is 2.63 bits per heavy atom. The van der Waals surface area contributed by atoms with Crippen LogP contribution in [0.25, 0.3) is 0 Å². The third kappa shape index (κ3) is 4.28. The summed E-state index contributed by atoms with van der Waals surface area (Å²) in [6.07, 6.45) is 2.72. The molecule has 5 nitrogen and oxygen atoms in total. The zero-order valence-corrected chi connectivity index (χ0v) is 10.8. The van der Waals surface area contributed by atoms with Gasteiger partial charge in [0, 0.05) is 18.7 Å². The molecule has 0 aromatic heterocycles. The van der Waals surface area contributed by atoms with E-state index >= 15 is 0 Å². The van der Waals surface area contributed by atoms with Crippen molar-refractivity contribution in [3.8, 4) is 0 Å². The summed E-state index contributed by atoms with van der Waals surface area (Å²) >= 11 is 0.